The molecule has 2 heterocycles. The van der Waals surface area contributed by atoms with Gasteiger partial charge in [-0.3, -0.25) is 10.3 Å². The lowest BCUT2D eigenvalue weighted by molar-refractivity contribution is 0.258. The first-order valence-electron chi connectivity index (χ1n) is 6.85. The van der Waals surface area contributed by atoms with Gasteiger partial charge in [-0.1, -0.05) is 17.2 Å². The van der Waals surface area contributed by atoms with Crippen molar-refractivity contribution in [3.05, 3.63) is 42.7 Å². The molecule has 7 heteroatoms. The van der Waals surface area contributed by atoms with Gasteiger partial charge in [-0.2, -0.15) is 5.11 Å². The van der Waals surface area contributed by atoms with Crippen LogP contribution in [-0.2, 0) is 0 Å². The van der Waals surface area contributed by atoms with Gasteiger partial charge in [0, 0.05) is 18.0 Å². The predicted octanol–water partition coefficient (Wildman–Crippen LogP) is 3.63. The number of imidazole rings is 1. The maximum absolute atomic E-state index is 11.5. The van der Waals surface area contributed by atoms with Crippen LogP contribution < -0.4 is 5.32 Å². The molecule has 22 heavy (non-hydrogen) atoms. The molecular weight excluding hydrogens is 280 g/mol. The molecule has 0 aliphatic carbocycles. The number of rotatable bonds is 3. The van der Waals surface area contributed by atoms with Gasteiger partial charge >= 0.3 is 6.03 Å². The summed E-state index contributed by atoms with van der Waals surface area (Å²) >= 11 is 0. The van der Waals surface area contributed by atoms with Gasteiger partial charge in [-0.25, -0.2) is 9.78 Å². The fourth-order valence-corrected chi connectivity index (χ4v) is 2.04. The number of anilines is 1. The van der Waals surface area contributed by atoms with Crippen molar-refractivity contribution in [1.82, 2.24) is 15.0 Å². The predicted molar refractivity (Wildman–Crippen MR) is 83.7 cm³/mol. The average molecular weight is 294 g/mol. The highest BCUT2D eigenvalue weighted by atomic mass is 16.2. The highest BCUT2D eigenvalue weighted by molar-refractivity contribution is 5.90. The lowest BCUT2D eigenvalue weighted by atomic mass is 10.1. The Hall–Kier alpha value is -3.09. The first-order chi connectivity index (χ1) is 10.8. The Bertz CT molecular complexity index is 824. The maximum Gasteiger partial charge on any atom is 0.366 e. The van der Waals surface area contributed by atoms with Gasteiger partial charge < -0.3 is 4.98 Å². The van der Waals surface area contributed by atoms with Crippen molar-refractivity contribution >= 4 is 23.0 Å². The number of aromatic nitrogens is 3. The van der Waals surface area contributed by atoms with Gasteiger partial charge in [-0.05, 0) is 30.7 Å². The largest absolute Gasteiger partial charge is 0.366 e. The van der Waals surface area contributed by atoms with Crippen LogP contribution in [0.2, 0.25) is 0 Å². The van der Waals surface area contributed by atoms with Gasteiger partial charge in [-0.15, -0.1) is 0 Å². The van der Waals surface area contributed by atoms with E-state index in [1.807, 2.05) is 30.3 Å². The fraction of sp³-hybridized carbons (Fsp3) is 0.133. The first kappa shape index (κ1) is 13.9. The van der Waals surface area contributed by atoms with Crippen molar-refractivity contribution in [3.63, 3.8) is 0 Å². The topological polar surface area (TPSA) is 95.4 Å². The smallest absolute Gasteiger partial charge is 0.324 e. The summed E-state index contributed by atoms with van der Waals surface area (Å²) in [5, 5.41) is 9.67. The van der Waals surface area contributed by atoms with Crippen molar-refractivity contribution in [1.29, 1.82) is 0 Å². The van der Waals surface area contributed by atoms with Crippen LogP contribution in [0.1, 0.15) is 6.92 Å². The number of H-pyrrole nitrogens is 1. The summed E-state index contributed by atoms with van der Waals surface area (Å²) in [4.78, 5) is 22.9. The third kappa shape index (κ3) is 2.98. The van der Waals surface area contributed by atoms with E-state index < -0.39 is 6.03 Å². The number of amides is 2. The standard InChI is InChI=1S/C15H14N6O/c1-2-17-21-15(22)20-14-18-12-6-5-10(8-13(12)19-14)11-4-3-7-16-9-11/h3-9H,2H2,1H3,(H2,18,19,20,22). The Morgan fingerprint density at radius 3 is 3.00 bits per heavy atom. The summed E-state index contributed by atoms with van der Waals surface area (Å²) < 4.78 is 0. The first-order valence-corrected chi connectivity index (χ1v) is 6.85. The van der Waals surface area contributed by atoms with Gasteiger partial charge in [0.05, 0.1) is 17.6 Å². The SMILES string of the molecule is CCN=NC(=O)Nc1nc2ccc(-c3cccnc3)cc2[nH]1. The molecule has 3 rings (SSSR count). The molecule has 0 unspecified atom stereocenters. The Morgan fingerprint density at radius 1 is 1.32 bits per heavy atom. The monoisotopic (exact) mass is 294 g/mol. The minimum Gasteiger partial charge on any atom is -0.324 e. The normalized spacial score (nSPS) is 11.1. The minimum absolute atomic E-state index is 0.346. The molecule has 0 spiro atoms. The number of nitrogens with one attached hydrogen (secondary N) is 2. The molecule has 1 aromatic carbocycles. The number of fused-ring (bicyclic) bond motifs is 1. The number of azo groups is 1. The number of hydrogen-bond acceptors (Lipinski definition) is 4. The van der Waals surface area contributed by atoms with E-state index in [9.17, 15) is 4.79 Å². The number of carbonyl (C=O) groups is 1. The van der Waals surface area contributed by atoms with Gasteiger partial charge in [0.2, 0.25) is 5.95 Å². The van der Waals surface area contributed by atoms with Crippen molar-refractivity contribution in [2.24, 2.45) is 10.2 Å². The third-order valence-corrected chi connectivity index (χ3v) is 3.01. The van der Waals surface area contributed by atoms with Crippen molar-refractivity contribution in [2.75, 3.05) is 11.9 Å². The lowest BCUT2D eigenvalue weighted by Crippen LogP contribution is -2.06. The zero-order chi connectivity index (χ0) is 15.4. The number of carbonyl (C=O) groups excluding carboxylic acids is 1. The maximum atomic E-state index is 11.5. The molecule has 0 atom stereocenters. The molecule has 0 radical (unpaired) electrons. The Labute approximate surface area is 126 Å². The molecule has 0 bridgehead atoms. The van der Waals surface area contributed by atoms with E-state index in [1.165, 1.54) is 0 Å². The van der Waals surface area contributed by atoms with Crippen LogP contribution >= 0.6 is 0 Å². The molecule has 0 aliphatic rings. The third-order valence-electron chi connectivity index (χ3n) is 3.01. The second kappa shape index (κ2) is 6.13. The lowest BCUT2D eigenvalue weighted by Gasteiger charge is -1.99. The number of nitrogens with zero attached hydrogens (tertiary/aromatic N) is 4. The summed E-state index contributed by atoms with van der Waals surface area (Å²) in [6, 6.07) is 9.13. The quantitative estimate of drug-likeness (QED) is 0.722. The van der Waals surface area contributed by atoms with E-state index in [-0.39, 0.29) is 0 Å². The molecule has 0 fully saturated rings. The van der Waals surface area contributed by atoms with Gasteiger partial charge in [0.25, 0.3) is 0 Å². The van der Waals surface area contributed by atoms with E-state index >= 15 is 0 Å². The zero-order valence-corrected chi connectivity index (χ0v) is 11.9. The minimum atomic E-state index is -0.548. The summed E-state index contributed by atoms with van der Waals surface area (Å²) in [5.41, 5.74) is 3.62. The van der Waals surface area contributed by atoms with Crippen LogP contribution in [0.3, 0.4) is 0 Å². The number of aromatic amines is 1. The molecule has 7 nitrogen and oxygen atoms in total. The van der Waals surface area contributed by atoms with Crippen LogP contribution in [-0.4, -0.2) is 27.5 Å². The molecule has 3 aromatic rings. The zero-order valence-electron chi connectivity index (χ0n) is 11.9. The highest BCUT2D eigenvalue weighted by Crippen LogP contribution is 2.23. The van der Waals surface area contributed by atoms with E-state index in [4.69, 9.17) is 0 Å². The summed E-state index contributed by atoms with van der Waals surface area (Å²) in [6.45, 7) is 2.26. The van der Waals surface area contributed by atoms with Crippen molar-refractivity contribution < 1.29 is 4.79 Å². The molecule has 110 valence electrons. The Balaban J connectivity index is 1.87. The molecular formula is C15H14N6O. The number of hydrogen-bond donors (Lipinski definition) is 2. The van der Waals surface area contributed by atoms with Crippen molar-refractivity contribution in [3.8, 4) is 11.1 Å². The summed E-state index contributed by atoms with van der Waals surface area (Å²) in [5.74, 6) is 0.346. The fourth-order valence-electron chi connectivity index (χ4n) is 2.04. The average Bonchev–Trinajstić information content (AvgIpc) is 2.95. The van der Waals surface area contributed by atoms with Crippen LogP contribution in [0.5, 0.6) is 0 Å². The van der Waals surface area contributed by atoms with E-state index in [0.717, 1.165) is 22.2 Å². The molecule has 2 N–H and O–H groups in total. The number of urea groups is 1. The van der Waals surface area contributed by atoms with E-state index in [1.54, 1.807) is 19.3 Å². The molecule has 0 saturated carbocycles. The van der Waals surface area contributed by atoms with E-state index in [0.29, 0.717) is 12.5 Å². The summed E-state index contributed by atoms with van der Waals surface area (Å²) in [6.07, 6.45) is 3.53. The number of benzene rings is 1. The van der Waals surface area contributed by atoms with E-state index in [2.05, 4.69) is 30.5 Å². The van der Waals surface area contributed by atoms with Crippen LogP contribution in [0.15, 0.2) is 53.0 Å². The molecule has 2 amide bonds. The second-order valence-electron chi connectivity index (χ2n) is 4.55. The second-order valence-corrected chi connectivity index (χ2v) is 4.55. The number of pyridine rings is 1. The Kier molecular flexibility index (Phi) is 3.86. The molecule has 2 aromatic heterocycles. The summed E-state index contributed by atoms with van der Waals surface area (Å²) in [7, 11) is 0. The van der Waals surface area contributed by atoms with Gasteiger partial charge in [0.15, 0.2) is 0 Å². The van der Waals surface area contributed by atoms with Crippen molar-refractivity contribution in [2.45, 2.75) is 6.92 Å². The molecule has 0 aliphatic heterocycles. The van der Waals surface area contributed by atoms with Gasteiger partial charge in [0.1, 0.15) is 0 Å². The molecule has 0 saturated heterocycles. The van der Waals surface area contributed by atoms with Crippen LogP contribution in [0, 0.1) is 0 Å². The van der Waals surface area contributed by atoms with Crippen LogP contribution in [0.25, 0.3) is 22.2 Å². The van der Waals surface area contributed by atoms with Crippen LogP contribution in [0.4, 0.5) is 10.7 Å². The highest BCUT2D eigenvalue weighted by Gasteiger charge is 2.07. The Morgan fingerprint density at radius 2 is 2.23 bits per heavy atom.